The molecule has 0 spiro atoms. The molecule has 1 saturated heterocycles. The van der Waals surface area contributed by atoms with Crippen molar-refractivity contribution in [3.05, 3.63) is 23.9 Å². The first kappa shape index (κ1) is 16.7. The van der Waals surface area contributed by atoms with E-state index in [1.807, 2.05) is 32.9 Å². The van der Waals surface area contributed by atoms with Gasteiger partial charge in [-0.1, -0.05) is 6.07 Å². The van der Waals surface area contributed by atoms with Crippen LogP contribution < -0.4 is 4.90 Å². The van der Waals surface area contributed by atoms with Crippen molar-refractivity contribution in [3.8, 4) is 0 Å². The summed E-state index contributed by atoms with van der Waals surface area (Å²) in [6, 6.07) is 3.45. The van der Waals surface area contributed by atoms with Gasteiger partial charge in [0.25, 0.3) is 0 Å². The molecule has 1 amide bonds. The Kier molecular flexibility index (Phi) is 4.01. The van der Waals surface area contributed by atoms with Crippen LogP contribution in [0.2, 0.25) is 0 Å². The largest absolute Gasteiger partial charge is 0.444 e. The lowest BCUT2D eigenvalue weighted by molar-refractivity contribution is -0.123. The summed E-state index contributed by atoms with van der Waals surface area (Å²) in [5.41, 5.74) is 0.547. The van der Waals surface area contributed by atoms with Gasteiger partial charge in [-0.3, -0.25) is 9.69 Å². The highest BCUT2D eigenvalue weighted by molar-refractivity contribution is 5.88. The Morgan fingerprint density at radius 2 is 2.04 bits per heavy atom. The fraction of sp³-hybridized carbons (Fsp3) is 0.611. The number of ether oxygens (including phenoxy) is 1. The number of amides is 1. The number of piperazine rings is 1. The molecule has 130 valence electrons. The molecule has 0 aromatic carbocycles. The van der Waals surface area contributed by atoms with Crippen LogP contribution >= 0.6 is 0 Å². The predicted octanol–water partition coefficient (Wildman–Crippen LogP) is 2.41. The Labute approximate surface area is 142 Å². The highest BCUT2D eigenvalue weighted by atomic mass is 16.6. The fourth-order valence-corrected chi connectivity index (χ4v) is 3.80. The summed E-state index contributed by atoms with van der Waals surface area (Å²) >= 11 is 0. The van der Waals surface area contributed by atoms with Gasteiger partial charge in [0, 0.05) is 18.8 Å². The maximum atomic E-state index is 12.7. The minimum Gasteiger partial charge on any atom is -0.444 e. The number of rotatable bonds is 1. The Balaban J connectivity index is 1.93. The summed E-state index contributed by atoms with van der Waals surface area (Å²) in [7, 11) is 0. The molecule has 1 aromatic rings. The molecule has 1 fully saturated rings. The fourth-order valence-electron chi connectivity index (χ4n) is 3.80. The summed E-state index contributed by atoms with van der Waals surface area (Å²) in [5, 5.41) is 0. The van der Waals surface area contributed by atoms with E-state index in [0.29, 0.717) is 6.54 Å². The van der Waals surface area contributed by atoms with E-state index in [-0.39, 0.29) is 17.9 Å². The van der Waals surface area contributed by atoms with E-state index < -0.39 is 17.7 Å². The number of anilines is 1. The van der Waals surface area contributed by atoms with Gasteiger partial charge in [-0.15, -0.1) is 0 Å². The maximum Gasteiger partial charge on any atom is 0.411 e. The smallest absolute Gasteiger partial charge is 0.411 e. The lowest BCUT2D eigenvalue weighted by Crippen LogP contribution is -2.66. The second-order valence-electron chi connectivity index (χ2n) is 7.70. The molecule has 0 bridgehead atoms. The topological polar surface area (TPSA) is 62.7 Å². The van der Waals surface area contributed by atoms with Crippen molar-refractivity contribution in [2.24, 2.45) is 0 Å². The molecule has 1 aromatic heterocycles. The first-order chi connectivity index (χ1) is 11.2. The molecule has 3 heterocycles. The summed E-state index contributed by atoms with van der Waals surface area (Å²) in [6.45, 7) is 9.57. The number of aromatic nitrogens is 1. The third-order valence-electron chi connectivity index (χ3n) is 4.58. The molecule has 3 atom stereocenters. The Morgan fingerprint density at radius 3 is 2.67 bits per heavy atom. The molecule has 3 unspecified atom stereocenters. The average Bonchev–Trinajstić information content (AvgIpc) is 2.84. The summed E-state index contributed by atoms with van der Waals surface area (Å²) < 4.78 is 5.53. The van der Waals surface area contributed by atoms with Crippen molar-refractivity contribution in [2.75, 3.05) is 11.4 Å². The van der Waals surface area contributed by atoms with Crippen LogP contribution in [0, 0.1) is 0 Å². The average molecular weight is 331 g/mol. The van der Waals surface area contributed by atoms with Crippen molar-refractivity contribution in [1.82, 2.24) is 9.88 Å². The number of carbonyl (C=O) groups is 2. The zero-order chi connectivity index (χ0) is 17.6. The van der Waals surface area contributed by atoms with E-state index in [1.165, 1.54) is 0 Å². The number of pyridine rings is 1. The van der Waals surface area contributed by atoms with E-state index in [1.54, 1.807) is 18.0 Å². The molecule has 24 heavy (non-hydrogen) atoms. The lowest BCUT2D eigenvalue weighted by atomic mass is 9.94. The van der Waals surface area contributed by atoms with Crippen molar-refractivity contribution in [3.63, 3.8) is 0 Å². The molecule has 3 rings (SSSR count). The van der Waals surface area contributed by atoms with Crippen LogP contribution in [0.1, 0.15) is 40.2 Å². The molecule has 6 nitrogen and oxygen atoms in total. The number of fused-ring (bicyclic) bond motifs is 3. The van der Waals surface area contributed by atoms with Crippen LogP contribution in [-0.4, -0.2) is 52.0 Å². The number of nitrogens with zero attached hydrogens (tertiary/aromatic N) is 3. The minimum atomic E-state index is -0.584. The number of hydrogen-bond donors (Lipinski definition) is 0. The van der Waals surface area contributed by atoms with E-state index in [0.717, 1.165) is 17.8 Å². The summed E-state index contributed by atoms with van der Waals surface area (Å²) in [6.07, 6.45) is 2.08. The molecular formula is C18H25N3O3. The SMILES string of the molecule is CC(=O)C1C2Cc3cccnc3N2C(C)CN1C(=O)OC(C)(C)C. The molecule has 0 saturated carbocycles. The van der Waals surface area contributed by atoms with Crippen LogP contribution in [-0.2, 0) is 16.0 Å². The molecule has 0 aliphatic carbocycles. The number of Topliss-reactive ketones (excluding diaryl/α,β-unsaturated/α-hetero) is 1. The maximum absolute atomic E-state index is 12.7. The molecule has 2 aliphatic heterocycles. The van der Waals surface area contributed by atoms with Crippen LogP contribution in [0.4, 0.5) is 10.6 Å². The molecule has 0 N–H and O–H groups in total. The zero-order valence-corrected chi connectivity index (χ0v) is 14.9. The standard InChI is InChI=1S/C18H25N3O3/c1-11-10-20(17(23)24-18(3,4)5)15(12(2)22)14-9-13-7-6-8-19-16(13)21(11)14/h6-8,11,14-15H,9-10H2,1-5H3. The van der Waals surface area contributed by atoms with Crippen LogP contribution in [0.15, 0.2) is 18.3 Å². The van der Waals surface area contributed by atoms with Gasteiger partial charge in [0.15, 0.2) is 5.78 Å². The monoisotopic (exact) mass is 331 g/mol. The van der Waals surface area contributed by atoms with E-state index >= 15 is 0 Å². The third-order valence-corrected chi connectivity index (χ3v) is 4.58. The van der Waals surface area contributed by atoms with Gasteiger partial charge in [-0.2, -0.15) is 0 Å². The second kappa shape index (κ2) is 5.76. The molecule has 0 radical (unpaired) electrons. The van der Waals surface area contributed by atoms with Crippen LogP contribution in [0.25, 0.3) is 0 Å². The highest BCUT2D eigenvalue weighted by Gasteiger charge is 2.49. The lowest BCUT2D eigenvalue weighted by Gasteiger charge is -2.47. The minimum absolute atomic E-state index is 0.0180. The van der Waals surface area contributed by atoms with Crippen molar-refractivity contribution < 1.29 is 14.3 Å². The quantitative estimate of drug-likeness (QED) is 0.791. The third kappa shape index (κ3) is 2.85. The van der Waals surface area contributed by atoms with Gasteiger partial charge in [-0.25, -0.2) is 9.78 Å². The number of carbonyl (C=O) groups excluding carboxylic acids is 2. The van der Waals surface area contributed by atoms with Crippen molar-refractivity contribution in [1.29, 1.82) is 0 Å². The Hall–Kier alpha value is -2.11. The van der Waals surface area contributed by atoms with E-state index in [4.69, 9.17) is 4.74 Å². The van der Waals surface area contributed by atoms with Gasteiger partial charge in [0.2, 0.25) is 0 Å². The van der Waals surface area contributed by atoms with Crippen LogP contribution in [0.5, 0.6) is 0 Å². The Morgan fingerprint density at radius 1 is 1.33 bits per heavy atom. The van der Waals surface area contributed by atoms with Crippen molar-refractivity contribution in [2.45, 2.75) is 64.8 Å². The normalized spacial score (nSPS) is 26.0. The number of hydrogen-bond acceptors (Lipinski definition) is 5. The van der Waals surface area contributed by atoms with Gasteiger partial charge in [0.05, 0.1) is 6.04 Å². The van der Waals surface area contributed by atoms with Gasteiger partial charge < -0.3 is 9.64 Å². The van der Waals surface area contributed by atoms with E-state index in [2.05, 4.69) is 16.8 Å². The molecule has 2 aliphatic rings. The summed E-state index contributed by atoms with van der Waals surface area (Å²) in [4.78, 5) is 33.3. The van der Waals surface area contributed by atoms with Gasteiger partial charge in [-0.05, 0) is 52.7 Å². The summed E-state index contributed by atoms with van der Waals surface area (Å²) in [5.74, 6) is 0.917. The van der Waals surface area contributed by atoms with Crippen LogP contribution in [0.3, 0.4) is 0 Å². The highest BCUT2D eigenvalue weighted by Crippen LogP contribution is 2.38. The van der Waals surface area contributed by atoms with Gasteiger partial charge >= 0.3 is 6.09 Å². The Bertz CT molecular complexity index is 668. The molecule has 6 heteroatoms. The molecular weight excluding hydrogens is 306 g/mol. The predicted molar refractivity (Wildman–Crippen MR) is 91.1 cm³/mol. The second-order valence-corrected chi connectivity index (χ2v) is 7.70. The van der Waals surface area contributed by atoms with E-state index in [9.17, 15) is 9.59 Å². The first-order valence-corrected chi connectivity index (χ1v) is 8.41. The first-order valence-electron chi connectivity index (χ1n) is 8.41. The zero-order valence-electron chi connectivity index (χ0n) is 14.9. The van der Waals surface area contributed by atoms with Gasteiger partial charge in [0.1, 0.15) is 17.5 Å². The number of ketones is 1. The van der Waals surface area contributed by atoms with Crippen molar-refractivity contribution >= 4 is 17.7 Å².